The number of rotatable bonds is 6. The molecule has 1 aromatic heterocycles. The van der Waals surface area contributed by atoms with E-state index in [1.165, 1.54) is 5.56 Å². The Morgan fingerprint density at radius 1 is 1.19 bits per heavy atom. The number of amides is 2. The average Bonchev–Trinajstić information content (AvgIpc) is 3.00. The summed E-state index contributed by atoms with van der Waals surface area (Å²) in [6.45, 7) is 10.6. The fourth-order valence-corrected chi connectivity index (χ4v) is 3.47. The summed E-state index contributed by atoms with van der Waals surface area (Å²) < 4.78 is 11.0. The molecule has 0 bridgehead atoms. The van der Waals surface area contributed by atoms with Gasteiger partial charge in [-0.3, -0.25) is 4.90 Å². The lowest BCUT2D eigenvalue weighted by Gasteiger charge is -2.27. The Morgan fingerprint density at radius 2 is 1.89 bits per heavy atom. The predicted octanol–water partition coefficient (Wildman–Crippen LogP) is 3.29. The van der Waals surface area contributed by atoms with Gasteiger partial charge in [0.25, 0.3) is 0 Å². The van der Waals surface area contributed by atoms with Crippen molar-refractivity contribution in [2.24, 2.45) is 0 Å². The molecule has 1 aliphatic rings. The minimum atomic E-state index is -0.179. The summed E-state index contributed by atoms with van der Waals surface area (Å²) in [5.74, 6) is 1.70. The van der Waals surface area contributed by atoms with Crippen molar-refractivity contribution in [2.45, 2.75) is 39.9 Å². The minimum absolute atomic E-state index is 0.106. The second-order valence-electron chi connectivity index (χ2n) is 7.07. The lowest BCUT2D eigenvalue weighted by molar-refractivity contribution is 0.0341. The van der Waals surface area contributed by atoms with Crippen LogP contribution in [0, 0.1) is 13.8 Å². The molecule has 6 nitrogen and oxygen atoms in total. The van der Waals surface area contributed by atoms with Gasteiger partial charge >= 0.3 is 6.03 Å². The van der Waals surface area contributed by atoms with Crippen LogP contribution in [0.3, 0.4) is 0 Å². The van der Waals surface area contributed by atoms with E-state index < -0.39 is 0 Å². The SMILES string of the molecule is Cc1cc(C(C)NC(=O)NCc2ccccc2CN2CCOCC2)c(C)o1. The number of benzene rings is 1. The number of carbonyl (C=O) groups excluding carboxylic acids is 1. The van der Waals surface area contributed by atoms with Crippen LogP contribution >= 0.6 is 0 Å². The van der Waals surface area contributed by atoms with Gasteiger partial charge in [0.1, 0.15) is 11.5 Å². The van der Waals surface area contributed by atoms with E-state index >= 15 is 0 Å². The van der Waals surface area contributed by atoms with Gasteiger partial charge in [-0.2, -0.15) is 0 Å². The van der Waals surface area contributed by atoms with Crippen LogP contribution < -0.4 is 10.6 Å². The molecule has 1 aliphatic heterocycles. The number of hydrogen-bond acceptors (Lipinski definition) is 4. The Kier molecular flexibility index (Phi) is 6.53. The molecule has 1 aromatic carbocycles. The zero-order chi connectivity index (χ0) is 19.2. The van der Waals surface area contributed by atoms with Crippen molar-refractivity contribution in [3.05, 3.63) is 58.5 Å². The first kappa shape index (κ1) is 19.5. The van der Waals surface area contributed by atoms with Crippen LogP contribution in [-0.2, 0) is 17.8 Å². The van der Waals surface area contributed by atoms with Gasteiger partial charge in [0.2, 0.25) is 0 Å². The summed E-state index contributed by atoms with van der Waals surface area (Å²) in [4.78, 5) is 14.7. The zero-order valence-corrected chi connectivity index (χ0v) is 16.4. The number of furan rings is 1. The minimum Gasteiger partial charge on any atom is -0.466 e. The summed E-state index contributed by atoms with van der Waals surface area (Å²) >= 11 is 0. The highest BCUT2D eigenvalue weighted by Crippen LogP contribution is 2.21. The van der Waals surface area contributed by atoms with Gasteiger partial charge in [0.15, 0.2) is 0 Å². The number of morpholine rings is 1. The maximum absolute atomic E-state index is 12.3. The Bertz CT molecular complexity index is 766. The van der Waals surface area contributed by atoms with Crippen molar-refractivity contribution in [3.8, 4) is 0 Å². The predicted molar refractivity (Wildman–Crippen MR) is 105 cm³/mol. The molecule has 1 fully saturated rings. The lowest BCUT2D eigenvalue weighted by atomic mass is 10.1. The fraction of sp³-hybridized carbons (Fsp3) is 0.476. The molecule has 0 radical (unpaired) electrons. The highest BCUT2D eigenvalue weighted by Gasteiger charge is 2.16. The third-order valence-electron chi connectivity index (χ3n) is 4.95. The van der Waals surface area contributed by atoms with E-state index in [9.17, 15) is 4.79 Å². The van der Waals surface area contributed by atoms with Gasteiger partial charge in [-0.1, -0.05) is 24.3 Å². The van der Waals surface area contributed by atoms with Crippen LogP contribution in [0.4, 0.5) is 4.79 Å². The van der Waals surface area contributed by atoms with E-state index in [4.69, 9.17) is 9.15 Å². The highest BCUT2D eigenvalue weighted by molar-refractivity contribution is 5.74. The van der Waals surface area contributed by atoms with E-state index in [0.717, 1.165) is 55.5 Å². The van der Waals surface area contributed by atoms with Gasteiger partial charge in [0.05, 0.1) is 19.3 Å². The summed E-state index contributed by atoms with van der Waals surface area (Å²) in [5.41, 5.74) is 3.39. The second-order valence-corrected chi connectivity index (χ2v) is 7.07. The largest absolute Gasteiger partial charge is 0.466 e. The Morgan fingerprint density at radius 3 is 2.56 bits per heavy atom. The zero-order valence-electron chi connectivity index (χ0n) is 16.4. The molecular weight excluding hydrogens is 342 g/mol. The average molecular weight is 371 g/mol. The standard InChI is InChI=1S/C21H29N3O3/c1-15-12-20(17(3)27-15)16(2)23-21(25)22-13-18-6-4-5-7-19(18)14-24-8-10-26-11-9-24/h4-7,12,16H,8-11,13-14H2,1-3H3,(H2,22,23,25). The summed E-state index contributed by atoms with van der Waals surface area (Å²) in [7, 11) is 0. The molecule has 1 saturated heterocycles. The number of urea groups is 1. The fourth-order valence-electron chi connectivity index (χ4n) is 3.47. The summed E-state index contributed by atoms with van der Waals surface area (Å²) in [6.07, 6.45) is 0. The molecule has 1 atom stereocenters. The van der Waals surface area contributed by atoms with Gasteiger partial charge in [0, 0.05) is 31.7 Å². The number of nitrogens with zero attached hydrogens (tertiary/aromatic N) is 1. The first-order chi connectivity index (χ1) is 13.0. The number of hydrogen-bond donors (Lipinski definition) is 2. The van der Waals surface area contributed by atoms with E-state index in [1.807, 2.05) is 39.0 Å². The van der Waals surface area contributed by atoms with Crippen molar-refractivity contribution in [1.82, 2.24) is 15.5 Å². The molecule has 146 valence electrons. The number of nitrogens with one attached hydrogen (secondary N) is 2. The second kappa shape index (κ2) is 9.06. The molecule has 2 N–H and O–H groups in total. The topological polar surface area (TPSA) is 66.7 Å². The Labute approximate surface area is 160 Å². The van der Waals surface area contributed by atoms with Crippen LogP contribution in [0.1, 0.15) is 41.2 Å². The van der Waals surface area contributed by atoms with Crippen LogP contribution in [-0.4, -0.2) is 37.2 Å². The maximum atomic E-state index is 12.3. The number of carbonyl (C=O) groups is 1. The molecule has 6 heteroatoms. The molecule has 3 rings (SSSR count). The normalized spacial score (nSPS) is 16.1. The molecule has 0 spiro atoms. The maximum Gasteiger partial charge on any atom is 0.315 e. The van der Waals surface area contributed by atoms with Gasteiger partial charge in [-0.15, -0.1) is 0 Å². The molecule has 0 aliphatic carbocycles. The number of ether oxygens (including phenoxy) is 1. The quantitative estimate of drug-likeness (QED) is 0.818. The molecule has 1 unspecified atom stereocenters. The van der Waals surface area contributed by atoms with Gasteiger partial charge in [-0.25, -0.2) is 4.79 Å². The van der Waals surface area contributed by atoms with Crippen molar-refractivity contribution in [3.63, 3.8) is 0 Å². The van der Waals surface area contributed by atoms with Gasteiger partial charge in [-0.05, 0) is 38.0 Å². The molecular formula is C21H29N3O3. The third-order valence-corrected chi connectivity index (χ3v) is 4.95. The van der Waals surface area contributed by atoms with Crippen LogP contribution in [0.15, 0.2) is 34.7 Å². The lowest BCUT2D eigenvalue weighted by Crippen LogP contribution is -2.37. The molecule has 2 heterocycles. The summed E-state index contributed by atoms with van der Waals surface area (Å²) in [5, 5.41) is 5.96. The van der Waals surface area contributed by atoms with Crippen molar-refractivity contribution in [2.75, 3.05) is 26.3 Å². The van der Waals surface area contributed by atoms with Crippen molar-refractivity contribution in [1.29, 1.82) is 0 Å². The number of aryl methyl sites for hydroxylation is 2. The Balaban J connectivity index is 1.54. The van der Waals surface area contributed by atoms with E-state index in [2.05, 4.69) is 27.7 Å². The first-order valence-electron chi connectivity index (χ1n) is 9.51. The highest BCUT2D eigenvalue weighted by atomic mass is 16.5. The van der Waals surface area contributed by atoms with E-state index in [-0.39, 0.29) is 12.1 Å². The van der Waals surface area contributed by atoms with Crippen molar-refractivity contribution < 1.29 is 13.9 Å². The van der Waals surface area contributed by atoms with E-state index in [1.54, 1.807) is 0 Å². The van der Waals surface area contributed by atoms with Crippen LogP contribution in [0.2, 0.25) is 0 Å². The van der Waals surface area contributed by atoms with Crippen molar-refractivity contribution >= 4 is 6.03 Å². The third kappa shape index (κ3) is 5.34. The Hall–Kier alpha value is -2.31. The van der Waals surface area contributed by atoms with Crippen LogP contribution in [0.5, 0.6) is 0 Å². The van der Waals surface area contributed by atoms with Crippen LogP contribution in [0.25, 0.3) is 0 Å². The molecule has 0 saturated carbocycles. The first-order valence-corrected chi connectivity index (χ1v) is 9.51. The molecule has 2 amide bonds. The summed E-state index contributed by atoms with van der Waals surface area (Å²) in [6, 6.07) is 9.95. The molecule has 27 heavy (non-hydrogen) atoms. The molecule has 2 aromatic rings. The van der Waals surface area contributed by atoms with Gasteiger partial charge < -0.3 is 19.8 Å². The van der Waals surface area contributed by atoms with E-state index in [0.29, 0.717) is 6.54 Å². The monoisotopic (exact) mass is 371 g/mol. The smallest absolute Gasteiger partial charge is 0.315 e.